The number of benzene rings is 2. The Morgan fingerprint density at radius 2 is 1.82 bits per heavy atom. The first kappa shape index (κ1) is 21.7. The number of nitrogens with one attached hydrogen (secondary N) is 1. The lowest BCUT2D eigenvalue weighted by atomic mass is 10.3. The highest BCUT2D eigenvalue weighted by atomic mass is 32.2. The summed E-state index contributed by atoms with van der Waals surface area (Å²) >= 11 is 0. The zero-order valence-electron chi connectivity index (χ0n) is 16.5. The van der Waals surface area contributed by atoms with Crippen LogP contribution in [0.15, 0.2) is 53.4 Å². The van der Waals surface area contributed by atoms with Gasteiger partial charge in [-0.05, 0) is 49.7 Å². The van der Waals surface area contributed by atoms with E-state index in [4.69, 9.17) is 9.47 Å². The highest BCUT2D eigenvalue weighted by Gasteiger charge is 2.17. The van der Waals surface area contributed by atoms with Gasteiger partial charge in [0.1, 0.15) is 11.5 Å². The van der Waals surface area contributed by atoms with E-state index in [-0.39, 0.29) is 23.5 Å². The van der Waals surface area contributed by atoms with Gasteiger partial charge in [0.05, 0.1) is 12.0 Å². The Labute approximate surface area is 166 Å². The van der Waals surface area contributed by atoms with Crippen molar-refractivity contribution >= 4 is 21.6 Å². The van der Waals surface area contributed by atoms with Crippen LogP contribution >= 0.6 is 0 Å². The summed E-state index contributed by atoms with van der Waals surface area (Å²) in [5.41, 5.74) is 0.686. The second-order valence-electron chi connectivity index (χ2n) is 6.34. The molecule has 1 amide bonds. The first-order valence-electron chi connectivity index (χ1n) is 8.92. The molecule has 152 valence electrons. The summed E-state index contributed by atoms with van der Waals surface area (Å²) in [6.45, 7) is 3.54. The minimum atomic E-state index is -3.57. The minimum absolute atomic E-state index is 0.148. The number of nitrogens with zero attached hydrogens (tertiary/aromatic N) is 1. The van der Waals surface area contributed by atoms with E-state index >= 15 is 0 Å². The van der Waals surface area contributed by atoms with E-state index in [1.807, 2.05) is 6.92 Å². The third kappa shape index (κ3) is 5.71. The van der Waals surface area contributed by atoms with Gasteiger partial charge in [-0.1, -0.05) is 13.0 Å². The minimum Gasteiger partial charge on any atom is -0.497 e. The van der Waals surface area contributed by atoms with Crippen LogP contribution in [0.3, 0.4) is 0 Å². The summed E-state index contributed by atoms with van der Waals surface area (Å²) < 4.78 is 37.8. The number of rotatable bonds is 9. The van der Waals surface area contributed by atoms with Crippen molar-refractivity contribution in [3.63, 3.8) is 0 Å². The molecule has 0 bridgehead atoms. The zero-order chi connectivity index (χ0) is 20.7. The molecule has 0 radical (unpaired) electrons. The van der Waals surface area contributed by atoms with Gasteiger partial charge in [0.2, 0.25) is 10.0 Å². The fourth-order valence-electron chi connectivity index (χ4n) is 2.34. The van der Waals surface area contributed by atoms with Gasteiger partial charge in [-0.2, -0.15) is 0 Å². The SMILES string of the molecule is CC[C@@H](C)NS(=O)(=O)c1ccc(OCC(=O)N(C)c2cccc(OC)c2)cc1. The number of hydrogen-bond acceptors (Lipinski definition) is 5. The maximum Gasteiger partial charge on any atom is 0.264 e. The topological polar surface area (TPSA) is 84.9 Å². The van der Waals surface area contributed by atoms with Crippen molar-refractivity contribution in [1.29, 1.82) is 0 Å². The van der Waals surface area contributed by atoms with Gasteiger partial charge in [0.15, 0.2) is 6.61 Å². The summed E-state index contributed by atoms with van der Waals surface area (Å²) in [6, 6.07) is 13.0. The van der Waals surface area contributed by atoms with Crippen LogP contribution in [-0.4, -0.2) is 41.1 Å². The number of carbonyl (C=O) groups excluding carboxylic acids is 1. The van der Waals surface area contributed by atoms with E-state index in [0.717, 1.165) is 0 Å². The van der Waals surface area contributed by atoms with Gasteiger partial charge in [-0.25, -0.2) is 13.1 Å². The average Bonchev–Trinajstić information content (AvgIpc) is 2.71. The van der Waals surface area contributed by atoms with Crippen LogP contribution in [0.2, 0.25) is 0 Å². The van der Waals surface area contributed by atoms with Crippen molar-refractivity contribution in [2.75, 3.05) is 25.7 Å². The largest absolute Gasteiger partial charge is 0.497 e. The Morgan fingerprint density at radius 3 is 2.43 bits per heavy atom. The molecule has 28 heavy (non-hydrogen) atoms. The third-order valence-corrected chi connectivity index (χ3v) is 5.89. The van der Waals surface area contributed by atoms with E-state index in [1.54, 1.807) is 45.3 Å². The number of anilines is 1. The molecule has 2 aromatic carbocycles. The van der Waals surface area contributed by atoms with Crippen LogP contribution in [0, 0.1) is 0 Å². The van der Waals surface area contributed by atoms with E-state index in [1.165, 1.54) is 29.2 Å². The van der Waals surface area contributed by atoms with E-state index in [9.17, 15) is 13.2 Å². The smallest absolute Gasteiger partial charge is 0.264 e. The molecule has 7 nitrogen and oxygen atoms in total. The second-order valence-corrected chi connectivity index (χ2v) is 8.06. The molecule has 0 aliphatic carbocycles. The molecule has 1 N–H and O–H groups in total. The number of hydrogen-bond donors (Lipinski definition) is 1. The van der Waals surface area contributed by atoms with Gasteiger partial charge in [-0.15, -0.1) is 0 Å². The highest BCUT2D eigenvalue weighted by molar-refractivity contribution is 7.89. The average molecular weight is 407 g/mol. The van der Waals surface area contributed by atoms with Gasteiger partial charge >= 0.3 is 0 Å². The molecule has 0 aromatic heterocycles. The van der Waals surface area contributed by atoms with Crippen molar-refractivity contribution < 1.29 is 22.7 Å². The lowest BCUT2D eigenvalue weighted by molar-refractivity contribution is -0.120. The second kappa shape index (κ2) is 9.57. The van der Waals surface area contributed by atoms with Crippen molar-refractivity contribution in [1.82, 2.24) is 4.72 Å². The standard InChI is InChI=1S/C20H26N2O5S/c1-5-15(2)21-28(24,25)19-11-9-17(10-12-19)27-14-20(23)22(3)16-7-6-8-18(13-16)26-4/h6-13,15,21H,5,14H2,1-4H3/t15-/m1/s1. The number of likely N-dealkylation sites (N-methyl/N-ethyl adjacent to an activating group) is 1. The van der Waals surface area contributed by atoms with Gasteiger partial charge in [0, 0.05) is 24.8 Å². The lowest BCUT2D eigenvalue weighted by Crippen LogP contribution is -2.32. The monoisotopic (exact) mass is 406 g/mol. The van der Waals surface area contributed by atoms with E-state index in [2.05, 4.69) is 4.72 Å². The number of carbonyl (C=O) groups is 1. The summed E-state index contributed by atoms with van der Waals surface area (Å²) in [4.78, 5) is 14.0. The van der Waals surface area contributed by atoms with Crippen molar-refractivity contribution in [3.05, 3.63) is 48.5 Å². The van der Waals surface area contributed by atoms with Gasteiger partial charge < -0.3 is 14.4 Å². The summed E-state index contributed by atoms with van der Waals surface area (Å²) in [6.07, 6.45) is 0.698. The number of sulfonamides is 1. The fraction of sp³-hybridized carbons (Fsp3) is 0.350. The molecule has 0 unspecified atom stereocenters. The molecule has 0 spiro atoms. The van der Waals surface area contributed by atoms with Crippen LogP contribution < -0.4 is 19.1 Å². The van der Waals surface area contributed by atoms with Crippen LogP contribution in [0.5, 0.6) is 11.5 Å². The van der Waals surface area contributed by atoms with Crippen molar-refractivity contribution in [3.8, 4) is 11.5 Å². The Morgan fingerprint density at radius 1 is 1.14 bits per heavy atom. The summed E-state index contributed by atoms with van der Waals surface area (Å²) in [5, 5.41) is 0. The molecule has 0 aliphatic rings. The normalized spacial score (nSPS) is 12.3. The zero-order valence-corrected chi connectivity index (χ0v) is 17.3. The Bertz CT molecular complexity index is 897. The van der Waals surface area contributed by atoms with Crippen molar-refractivity contribution in [2.24, 2.45) is 0 Å². The maximum atomic E-state index is 12.4. The Kier molecular flexibility index (Phi) is 7.42. The molecule has 8 heteroatoms. The van der Waals surface area contributed by atoms with Crippen LogP contribution in [0.25, 0.3) is 0 Å². The molecule has 0 heterocycles. The highest BCUT2D eigenvalue weighted by Crippen LogP contribution is 2.21. The van der Waals surface area contributed by atoms with E-state index < -0.39 is 10.0 Å². The van der Waals surface area contributed by atoms with Crippen LogP contribution in [0.4, 0.5) is 5.69 Å². The van der Waals surface area contributed by atoms with Crippen LogP contribution in [-0.2, 0) is 14.8 Å². The third-order valence-electron chi connectivity index (χ3n) is 4.28. The Balaban J connectivity index is 1.98. The maximum absolute atomic E-state index is 12.4. The molecule has 0 aliphatic heterocycles. The molecule has 0 saturated carbocycles. The Hall–Kier alpha value is -2.58. The molecule has 2 rings (SSSR count). The van der Waals surface area contributed by atoms with E-state index in [0.29, 0.717) is 23.6 Å². The number of methoxy groups -OCH3 is 1. The summed E-state index contributed by atoms with van der Waals surface area (Å²) in [5.74, 6) is 0.819. The van der Waals surface area contributed by atoms with Gasteiger partial charge in [-0.3, -0.25) is 4.79 Å². The number of ether oxygens (including phenoxy) is 2. The molecule has 2 aromatic rings. The molecular weight excluding hydrogens is 380 g/mol. The first-order valence-corrected chi connectivity index (χ1v) is 10.4. The van der Waals surface area contributed by atoms with Crippen molar-refractivity contribution in [2.45, 2.75) is 31.2 Å². The van der Waals surface area contributed by atoms with Crippen LogP contribution in [0.1, 0.15) is 20.3 Å². The van der Waals surface area contributed by atoms with Gasteiger partial charge in [0.25, 0.3) is 5.91 Å². The fourth-order valence-corrected chi connectivity index (χ4v) is 3.66. The first-order chi connectivity index (χ1) is 13.3. The molecule has 0 fully saturated rings. The predicted octanol–water partition coefficient (Wildman–Crippen LogP) is 2.81. The molecular formula is C20H26N2O5S. The number of amides is 1. The predicted molar refractivity (Wildman–Crippen MR) is 108 cm³/mol. The quantitative estimate of drug-likeness (QED) is 0.692. The lowest BCUT2D eigenvalue weighted by Gasteiger charge is -2.18. The molecule has 1 atom stereocenters. The summed E-state index contributed by atoms with van der Waals surface area (Å²) in [7, 11) is -0.357. The molecule has 0 saturated heterocycles.